The number of amides is 2. The number of carbonyl (C=O) groups excluding carboxylic acids is 2. The summed E-state index contributed by atoms with van der Waals surface area (Å²) in [7, 11) is 1.56. The molecule has 0 saturated carbocycles. The number of carbonyl (C=O) groups is 2. The molecule has 7 nitrogen and oxygen atoms in total. The second kappa shape index (κ2) is 11.2. The zero-order chi connectivity index (χ0) is 23.6. The molecule has 0 aliphatic heterocycles. The highest BCUT2D eigenvalue weighted by Crippen LogP contribution is 2.24. The number of para-hydroxylation sites is 2. The first kappa shape index (κ1) is 23.1. The number of hydrogen-bond donors (Lipinski definition) is 2. The molecule has 166 valence electrons. The van der Waals surface area contributed by atoms with Crippen LogP contribution in [0.15, 0.2) is 78.4 Å². The highest BCUT2D eigenvalue weighted by atomic mass is 16.5. The quantitative estimate of drug-likeness (QED) is 0.383. The zero-order valence-corrected chi connectivity index (χ0v) is 18.3. The third-order valence-electron chi connectivity index (χ3n) is 4.61. The fourth-order valence-corrected chi connectivity index (χ4v) is 3.01. The van der Waals surface area contributed by atoms with Crippen LogP contribution in [0.3, 0.4) is 0 Å². The van der Waals surface area contributed by atoms with Crippen molar-refractivity contribution in [2.24, 2.45) is 0 Å². The molecule has 2 amide bonds. The monoisotopic (exact) mass is 441 g/mol. The Bertz CT molecular complexity index is 1210. The van der Waals surface area contributed by atoms with E-state index in [9.17, 15) is 14.9 Å². The maximum atomic E-state index is 12.7. The van der Waals surface area contributed by atoms with Crippen molar-refractivity contribution in [3.63, 3.8) is 0 Å². The molecule has 0 heterocycles. The number of nitrogens with one attached hydrogen (secondary N) is 2. The van der Waals surface area contributed by atoms with E-state index in [-0.39, 0.29) is 11.5 Å². The molecule has 0 bridgehead atoms. The number of anilines is 2. The summed E-state index contributed by atoms with van der Waals surface area (Å²) in [6.07, 6.45) is 1.46. The van der Waals surface area contributed by atoms with E-state index in [1.807, 2.05) is 13.0 Å². The number of rotatable bonds is 8. The van der Waals surface area contributed by atoms with E-state index in [1.54, 1.807) is 79.9 Å². The summed E-state index contributed by atoms with van der Waals surface area (Å²) in [6.45, 7) is 2.29. The van der Waals surface area contributed by atoms with Gasteiger partial charge in [-0.05, 0) is 67.1 Å². The molecule has 2 N–H and O–H groups in total. The summed E-state index contributed by atoms with van der Waals surface area (Å²) in [5.41, 5.74) is 1.99. The fraction of sp³-hybridized carbons (Fsp3) is 0.115. The maximum absolute atomic E-state index is 12.7. The van der Waals surface area contributed by atoms with Crippen molar-refractivity contribution in [1.29, 1.82) is 5.26 Å². The fourth-order valence-electron chi connectivity index (χ4n) is 3.01. The van der Waals surface area contributed by atoms with Gasteiger partial charge in [-0.1, -0.05) is 24.3 Å². The van der Waals surface area contributed by atoms with E-state index < -0.39 is 5.91 Å². The van der Waals surface area contributed by atoms with Crippen molar-refractivity contribution in [2.75, 3.05) is 24.4 Å². The molecule has 0 fully saturated rings. The molecular formula is C26H23N3O4. The van der Waals surface area contributed by atoms with Gasteiger partial charge < -0.3 is 20.1 Å². The van der Waals surface area contributed by atoms with Crippen LogP contribution in [0.4, 0.5) is 11.4 Å². The summed E-state index contributed by atoms with van der Waals surface area (Å²) in [5.74, 6) is 0.334. The molecule has 33 heavy (non-hydrogen) atoms. The second-order valence-corrected chi connectivity index (χ2v) is 6.86. The standard InChI is InChI=1S/C26H23N3O4/c1-3-33-24-10-5-4-9-23(24)29-26(31)20(17-27)15-18-7-6-8-21(16-18)28-25(30)19-11-13-22(32-2)14-12-19/h4-16H,3H2,1-2H3,(H,28,30)(H,29,31)/b20-15+. The van der Waals surface area contributed by atoms with Crippen LogP contribution < -0.4 is 20.1 Å². The number of benzene rings is 3. The molecule has 0 saturated heterocycles. The van der Waals surface area contributed by atoms with E-state index in [0.29, 0.717) is 40.6 Å². The van der Waals surface area contributed by atoms with E-state index in [4.69, 9.17) is 9.47 Å². The molecule has 7 heteroatoms. The minimum absolute atomic E-state index is 0.0834. The lowest BCUT2D eigenvalue weighted by Crippen LogP contribution is -2.14. The summed E-state index contributed by atoms with van der Waals surface area (Å²) in [6, 6.07) is 22.5. The van der Waals surface area contributed by atoms with Crippen LogP contribution in [0.1, 0.15) is 22.8 Å². The lowest BCUT2D eigenvalue weighted by Gasteiger charge is -2.11. The van der Waals surface area contributed by atoms with Gasteiger partial charge in [-0.25, -0.2) is 0 Å². The highest BCUT2D eigenvalue weighted by molar-refractivity contribution is 6.10. The second-order valence-electron chi connectivity index (χ2n) is 6.86. The topological polar surface area (TPSA) is 100 Å². The number of nitrogens with zero attached hydrogens (tertiary/aromatic N) is 1. The molecule has 0 atom stereocenters. The predicted molar refractivity (Wildman–Crippen MR) is 127 cm³/mol. The molecule has 0 unspecified atom stereocenters. The molecule has 3 rings (SSSR count). The van der Waals surface area contributed by atoms with Gasteiger partial charge in [0, 0.05) is 11.3 Å². The van der Waals surface area contributed by atoms with Crippen LogP contribution in [0.5, 0.6) is 11.5 Å². The number of ether oxygens (including phenoxy) is 2. The molecule has 3 aromatic rings. The minimum atomic E-state index is -0.558. The lowest BCUT2D eigenvalue weighted by molar-refractivity contribution is -0.112. The molecule has 0 aromatic heterocycles. The third kappa shape index (κ3) is 6.21. The SMILES string of the molecule is CCOc1ccccc1NC(=O)/C(C#N)=C/c1cccc(NC(=O)c2ccc(OC)cc2)c1. The van der Waals surface area contributed by atoms with Gasteiger partial charge in [0.15, 0.2) is 0 Å². The Morgan fingerprint density at radius 1 is 1.00 bits per heavy atom. The predicted octanol–water partition coefficient (Wildman–Crippen LogP) is 4.89. The number of methoxy groups -OCH3 is 1. The number of hydrogen-bond acceptors (Lipinski definition) is 5. The molecule has 3 aromatic carbocycles. The van der Waals surface area contributed by atoms with E-state index >= 15 is 0 Å². The van der Waals surface area contributed by atoms with Gasteiger partial charge >= 0.3 is 0 Å². The average molecular weight is 441 g/mol. The first-order valence-electron chi connectivity index (χ1n) is 10.2. The summed E-state index contributed by atoms with van der Waals surface area (Å²) in [4.78, 5) is 25.2. The van der Waals surface area contributed by atoms with Gasteiger partial charge in [0.1, 0.15) is 23.1 Å². The van der Waals surface area contributed by atoms with Gasteiger partial charge in [-0.3, -0.25) is 9.59 Å². The van der Waals surface area contributed by atoms with Crippen molar-refractivity contribution in [3.8, 4) is 17.6 Å². The molecule has 0 radical (unpaired) electrons. The Kier molecular flexibility index (Phi) is 7.81. The number of nitriles is 1. The van der Waals surface area contributed by atoms with Crippen molar-refractivity contribution in [1.82, 2.24) is 0 Å². The molecular weight excluding hydrogens is 418 g/mol. The summed E-state index contributed by atoms with van der Waals surface area (Å²) in [5, 5.41) is 15.0. The zero-order valence-electron chi connectivity index (χ0n) is 18.3. The van der Waals surface area contributed by atoms with Crippen LogP contribution in [0, 0.1) is 11.3 Å². The first-order chi connectivity index (χ1) is 16.0. The van der Waals surface area contributed by atoms with Crippen LogP contribution in [-0.4, -0.2) is 25.5 Å². The normalized spacial score (nSPS) is 10.6. The highest BCUT2D eigenvalue weighted by Gasteiger charge is 2.13. The van der Waals surface area contributed by atoms with Crippen LogP contribution >= 0.6 is 0 Å². The lowest BCUT2D eigenvalue weighted by atomic mass is 10.1. The van der Waals surface area contributed by atoms with E-state index in [0.717, 1.165) is 0 Å². The van der Waals surface area contributed by atoms with E-state index in [2.05, 4.69) is 10.6 Å². The molecule has 0 spiro atoms. The van der Waals surface area contributed by atoms with Gasteiger partial charge in [0.2, 0.25) is 0 Å². The van der Waals surface area contributed by atoms with Crippen LogP contribution in [0.25, 0.3) is 6.08 Å². The van der Waals surface area contributed by atoms with Crippen molar-refractivity contribution in [3.05, 3.63) is 89.5 Å². The molecule has 0 aliphatic rings. The average Bonchev–Trinajstić information content (AvgIpc) is 2.84. The van der Waals surface area contributed by atoms with Crippen molar-refractivity contribution < 1.29 is 19.1 Å². The van der Waals surface area contributed by atoms with E-state index in [1.165, 1.54) is 6.08 Å². The smallest absolute Gasteiger partial charge is 0.266 e. The third-order valence-corrected chi connectivity index (χ3v) is 4.61. The Hall–Kier alpha value is -4.57. The van der Waals surface area contributed by atoms with Crippen molar-refractivity contribution >= 4 is 29.3 Å². The summed E-state index contributed by atoms with van der Waals surface area (Å²) < 4.78 is 10.6. The Morgan fingerprint density at radius 2 is 1.76 bits per heavy atom. The van der Waals surface area contributed by atoms with Crippen molar-refractivity contribution in [2.45, 2.75) is 6.92 Å². The van der Waals surface area contributed by atoms with Gasteiger partial charge in [0.25, 0.3) is 11.8 Å². The first-order valence-corrected chi connectivity index (χ1v) is 10.2. The maximum Gasteiger partial charge on any atom is 0.266 e. The van der Waals surface area contributed by atoms with Gasteiger partial charge in [-0.2, -0.15) is 5.26 Å². The van der Waals surface area contributed by atoms with Crippen LogP contribution in [0.2, 0.25) is 0 Å². The Labute approximate surface area is 192 Å². The van der Waals surface area contributed by atoms with Crippen LogP contribution in [-0.2, 0) is 4.79 Å². The Balaban J connectivity index is 1.75. The van der Waals surface area contributed by atoms with Gasteiger partial charge in [0.05, 0.1) is 19.4 Å². The largest absolute Gasteiger partial charge is 0.497 e. The molecule has 0 aliphatic carbocycles. The Morgan fingerprint density at radius 3 is 2.45 bits per heavy atom. The van der Waals surface area contributed by atoms with Gasteiger partial charge in [-0.15, -0.1) is 0 Å². The minimum Gasteiger partial charge on any atom is -0.497 e. The summed E-state index contributed by atoms with van der Waals surface area (Å²) >= 11 is 0.